The van der Waals surface area contributed by atoms with E-state index in [4.69, 9.17) is 18.9 Å². The third kappa shape index (κ3) is 26.2. The van der Waals surface area contributed by atoms with Gasteiger partial charge in [-0.05, 0) is 0 Å². The number of methoxy groups -OCH3 is 4. The molecular formula is C12H26O11. The van der Waals surface area contributed by atoms with E-state index in [2.05, 4.69) is 28.4 Å². The summed E-state index contributed by atoms with van der Waals surface area (Å²) >= 11 is 0. The summed E-state index contributed by atoms with van der Waals surface area (Å²) in [5.41, 5.74) is 0. The standard InChI is InChI=1S/C6H12O6.C6H14O5/c1-8-3-10-4-11-5-12-6(7)9-2;1-7-3-9-5-11-6-10-4-8-2/h3-5H2,1-2H3;3-6H2,1-2H3. The molecule has 0 aromatic carbocycles. The number of hydrogen-bond donors (Lipinski definition) is 0. The minimum Gasteiger partial charge on any atom is -0.438 e. The average molecular weight is 346 g/mol. The molecule has 0 saturated heterocycles. The Morgan fingerprint density at radius 3 is 1.26 bits per heavy atom. The highest BCUT2D eigenvalue weighted by Gasteiger charge is 1.98. The maximum atomic E-state index is 10.3. The van der Waals surface area contributed by atoms with Gasteiger partial charge in [-0.15, -0.1) is 0 Å². The van der Waals surface area contributed by atoms with E-state index in [9.17, 15) is 4.79 Å². The van der Waals surface area contributed by atoms with Gasteiger partial charge in [-0.1, -0.05) is 0 Å². The number of carbonyl (C=O) groups is 1. The normalized spacial score (nSPS) is 9.91. The molecule has 140 valence electrons. The first-order valence-corrected chi connectivity index (χ1v) is 6.29. The van der Waals surface area contributed by atoms with E-state index in [0.29, 0.717) is 0 Å². The van der Waals surface area contributed by atoms with Crippen molar-refractivity contribution >= 4 is 6.16 Å². The summed E-state index contributed by atoms with van der Waals surface area (Å²) in [6.07, 6.45) is -0.790. The molecule has 0 aliphatic carbocycles. The van der Waals surface area contributed by atoms with Crippen LogP contribution in [-0.4, -0.2) is 82.1 Å². The van der Waals surface area contributed by atoms with Crippen LogP contribution in [0, 0.1) is 0 Å². The Morgan fingerprint density at radius 2 is 0.913 bits per heavy atom. The van der Waals surface area contributed by atoms with Crippen LogP contribution in [0.25, 0.3) is 0 Å². The van der Waals surface area contributed by atoms with Crippen LogP contribution in [-0.2, 0) is 47.4 Å². The van der Waals surface area contributed by atoms with Gasteiger partial charge >= 0.3 is 6.16 Å². The van der Waals surface area contributed by atoms with Gasteiger partial charge < -0.3 is 47.4 Å². The monoisotopic (exact) mass is 346 g/mol. The molecular weight excluding hydrogens is 320 g/mol. The minimum absolute atomic E-state index is 0.00480. The molecule has 0 radical (unpaired) electrons. The van der Waals surface area contributed by atoms with Gasteiger partial charge in [-0.2, -0.15) is 0 Å². The first-order chi connectivity index (χ1) is 11.2. The summed E-state index contributed by atoms with van der Waals surface area (Å²) < 4.78 is 46.1. The van der Waals surface area contributed by atoms with Crippen molar-refractivity contribution < 1.29 is 52.2 Å². The first kappa shape index (κ1) is 24.2. The fraction of sp³-hybridized carbons (Fsp3) is 0.917. The third-order valence-corrected chi connectivity index (χ3v) is 1.53. The van der Waals surface area contributed by atoms with Gasteiger partial charge in [-0.25, -0.2) is 4.79 Å². The summed E-state index contributed by atoms with van der Waals surface area (Å²) in [5.74, 6) is 0. The Bertz CT molecular complexity index is 219. The smallest absolute Gasteiger partial charge is 0.438 e. The molecule has 0 spiro atoms. The number of carbonyl (C=O) groups excluding carboxylic acids is 1. The van der Waals surface area contributed by atoms with Crippen molar-refractivity contribution in [3.8, 4) is 0 Å². The van der Waals surface area contributed by atoms with Crippen molar-refractivity contribution in [3.05, 3.63) is 0 Å². The zero-order valence-electron chi connectivity index (χ0n) is 13.9. The molecule has 0 bridgehead atoms. The largest absolute Gasteiger partial charge is 0.510 e. The number of rotatable bonds is 14. The van der Waals surface area contributed by atoms with Crippen LogP contribution >= 0.6 is 0 Å². The molecule has 11 nitrogen and oxygen atoms in total. The maximum Gasteiger partial charge on any atom is 0.510 e. The second-order valence-corrected chi connectivity index (χ2v) is 3.31. The van der Waals surface area contributed by atoms with E-state index in [1.165, 1.54) is 14.2 Å². The summed E-state index contributed by atoms with van der Waals surface area (Å²) in [4.78, 5) is 10.3. The van der Waals surface area contributed by atoms with Crippen LogP contribution in [0.4, 0.5) is 4.79 Å². The molecule has 0 aliphatic heterocycles. The summed E-state index contributed by atoms with van der Waals surface area (Å²) in [7, 11) is 5.79. The lowest BCUT2D eigenvalue weighted by atomic mass is 11.2. The van der Waals surface area contributed by atoms with Crippen LogP contribution in [0.15, 0.2) is 0 Å². The van der Waals surface area contributed by atoms with E-state index in [0.717, 1.165) is 0 Å². The third-order valence-electron chi connectivity index (χ3n) is 1.53. The SMILES string of the molecule is COCOCOCOC(=O)OC.COCOCOCOCOC. The van der Waals surface area contributed by atoms with E-state index in [1.54, 1.807) is 14.2 Å². The highest BCUT2D eigenvalue weighted by molar-refractivity contribution is 5.59. The predicted molar refractivity (Wildman–Crippen MR) is 74.0 cm³/mol. The van der Waals surface area contributed by atoms with Crippen molar-refractivity contribution in [2.75, 3.05) is 76.0 Å². The molecule has 0 fully saturated rings. The van der Waals surface area contributed by atoms with Crippen molar-refractivity contribution in [1.82, 2.24) is 0 Å². The number of hydrogen-bond acceptors (Lipinski definition) is 11. The molecule has 0 unspecified atom stereocenters. The van der Waals surface area contributed by atoms with Crippen molar-refractivity contribution in [2.45, 2.75) is 0 Å². The van der Waals surface area contributed by atoms with Gasteiger partial charge in [0.25, 0.3) is 0 Å². The molecule has 0 rings (SSSR count). The molecule has 0 aromatic heterocycles. The summed E-state index contributed by atoms with van der Waals surface area (Å²) in [6.45, 7) is 0.725. The molecule has 0 N–H and O–H groups in total. The molecule has 0 saturated carbocycles. The zero-order valence-corrected chi connectivity index (χ0v) is 13.9. The molecule has 0 atom stereocenters. The Balaban J connectivity index is 0. The molecule has 0 aliphatic rings. The van der Waals surface area contributed by atoms with Gasteiger partial charge in [0.2, 0.25) is 0 Å². The first-order valence-electron chi connectivity index (χ1n) is 6.29. The van der Waals surface area contributed by atoms with E-state index in [1.807, 2.05) is 0 Å². The second kappa shape index (κ2) is 23.2. The van der Waals surface area contributed by atoms with Crippen LogP contribution in [0.5, 0.6) is 0 Å². The Morgan fingerprint density at radius 1 is 0.565 bits per heavy atom. The van der Waals surface area contributed by atoms with Crippen LogP contribution < -0.4 is 0 Å². The quantitative estimate of drug-likeness (QED) is 0.249. The predicted octanol–water partition coefficient (Wildman–Crippen LogP) is 0.481. The van der Waals surface area contributed by atoms with Crippen LogP contribution in [0.1, 0.15) is 0 Å². The maximum absolute atomic E-state index is 10.3. The fourth-order valence-electron chi connectivity index (χ4n) is 0.746. The van der Waals surface area contributed by atoms with Gasteiger partial charge in [0.1, 0.15) is 20.4 Å². The number of ether oxygens (including phenoxy) is 10. The molecule has 0 amide bonds. The van der Waals surface area contributed by atoms with Crippen molar-refractivity contribution in [3.63, 3.8) is 0 Å². The van der Waals surface area contributed by atoms with Crippen LogP contribution in [0.3, 0.4) is 0 Å². The molecule has 11 heteroatoms. The lowest BCUT2D eigenvalue weighted by Gasteiger charge is -2.04. The molecule has 23 heavy (non-hydrogen) atoms. The van der Waals surface area contributed by atoms with Gasteiger partial charge in [0.05, 0.1) is 7.11 Å². The lowest BCUT2D eigenvalue weighted by Crippen LogP contribution is -2.10. The lowest BCUT2D eigenvalue weighted by molar-refractivity contribution is -0.184. The van der Waals surface area contributed by atoms with E-state index in [-0.39, 0.29) is 47.6 Å². The Hall–Kier alpha value is -1.05. The highest BCUT2D eigenvalue weighted by atomic mass is 16.8. The van der Waals surface area contributed by atoms with E-state index < -0.39 is 6.16 Å². The molecule has 0 heterocycles. The van der Waals surface area contributed by atoms with Crippen molar-refractivity contribution in [1.29, 1.82) is 0 Å². The van der Waals surface area contributed by atoms with Crippen molar-refractivity contribution in [2.24, 2.45) is 0 Å². The van der Waals surface area contributed by atoms with Gasteiger partial charge in [-0.3, -0.25) is 0 Å². The Labute approximate surface area is 135 Å². The fourth-order valence-corrected chi connectivity index (χ4v) is 0.746. The summed E-state index contributed by atoms with van der Waals surface area (Å²) in [5, 5.41) is 0. The van der Waals surface area contributed by atoms with Crippen LogP contribution in [0.2, 0.25) is 0 Å². The topological polar surface area (TPSA) is 109 Å². The van der Waals surface area contributed by atoms with Gasteiger partial charge in [0, 0.05) is 21.3 Å². The van der Waals surface area contributed by atoms with Gasteiger partial charge in [0.15, 0.2) is 27.2 Å². The second-order valence-electron chi connectivity index (χ2n) is 3.31. The highest BCUT2D eigenvalue weighted by Crippen LogP contribution is 1.84. The average Bonchev–Trinajstić information content (AvgIpc) is 2.57. The van der Waals surface area contributed by atoms with E-state index >= 15 is 0 Å². The molecule has 0 aromatic rings. The summed E-state index contributed by atoms with van der Waals surface area (Å²) in [6, 6.07) is 0. The minimum atomic E-state index is -0.790. The zero-order chi connectivity index (χ0) is 17.6. The Kier molecular flexibility index (Phi) is 24.4.